The maximum atomic E-state index is 12.7. The third-order valence-corrected chi connectivity index (χ3v) is 11.3. The molecule has 0 spiro atoms. The lowest BCUT2D eigenvalue weighted by Gasteiger charge is -2.32. The van der Waals surface area contributed by atoms with Crippen molar-refractivity contribution in [2.75, 3.05) is 152 Å². The van der Waals surface area contributed by atoms with E-state index < -0.39 is 29.8 Å². The SMILES string of the molecule is CC(=O)CCc1c[nH]c2ccccc12.CC(C)=O.CNC(=O)CCC(=O)NCCCOCCOCCOCCCNC(=O)CN1CCN(CC(=O)O)CCN(CC(=O)O)CCN(CC(=O)O)CC1.CNC(=O)CNC(=O)CCC(=O)O. The number of fused-ring (bicyclic) bond motifs is 1. The third-order valence-electron chi connectivity index (χ3n) is 11.3. The summed E-state index contributed by atoms with van der Waals surface area (Å²) in [5.74, 6) is -4.97. The predicted molar refractivity (Wildman–Crippen MR) is 297 cm³/mol. The van der Waals surface area contributed by atoms with E-state index in [1.807, 2.05) is 29.3 Å². The largest absolute Gasteiger partial charge is 0.481 e. The van der Waals surface area contributed by atoms with Crippen molar-refractivity contribution in [2.24, 2.45) is 0 Å². The van der Waals surface area contributed by atoms with Crippen LogP contribution in [-0.4, -0.2) is 262 Å². The molecule has 10 N–H and O–H groups in total. The number of aliphatic carboxylic acids is 4. The fraction of sp³-hybridized carbons (Fsp3) is 0.642. The van der Waals surface area contributed by atoms with Gasteiger partial charge in [0.2, 0.25) is 29.5 Å². The highest BCUT2D eigenvalue weighted by Crippen LogP contribution is 2.19. The van der Waals surface area contributed by atoms with Gasteiger partial charge in [-0.3, -0.25) is 62.8 Å². The molecule has 458 valence electrons. The molecule has 81 heavy (non-hydrogen) atoms. The van der Waals surface area contributed by atoms with Crippen LogP contribution in [0, 0.1) is 0 Å². The Hall–Kier alpha value is -6.95. The Morgan fingerprint density at radius 3 is 1.31 bits per heavy atom. The number of hydrogen-bond acceptors (Lipinski definition) is 18. The number of carbonyl (C=O) groups is 11. The summed E-state index contributed by atoms with van der Waals surface area (Å²) in [7, 11) is 2.98. The summed E-state index contributed by atoms with van der Waals surface area (Å²) in [6.07, 6.45) is 4.68. The van der Waals surface area contributed by atoms with E-state index in [9.17, 15) is 68.1 Å². The van der Waals surface area contributed by atoms with Crippen molar-refractivity contribution in [3.63, 3.8) is 0 Å². The van der Waals surface area contributed by atoms with Gasteiger partial charge >= 0.3 is 23.9 Å². The second-order valence-corrected chi connectivity index (χ2v) is 18.5. The number of H-pyrrole nitrogens is 1. The molecular formula is C53H88N10O18. The molecule has 28 nitrogen and oxygen atoms in total. The van der Waals surface area contributed by atoms with E-state index in [0.29, 0.717) is 124 Å². The number of carboxylic acid groups (broad SMARTS) is 4. The van der Waals surface area contributed by atoms with Gasteiger partial charge in [0.1, 0.15) is 11.6 Å². The second kappa shape index (κ2) is 46.8. The molecule has 0 saturated carbocycles. The first kappa shape index (κ1) is 74.0. The highest BCUT2D eigenvalue weighted by molar-refractivity contribution is 5.86. The Kier molecular flexibility index (Phi) is 42.8. The van der Waals surface area contributed by atoms with E-state index in [1.165, 1.54) is 38.9 Å². The van der Waals surface area contributed by atoms with Crippen molar-refractivity contribution in [1.82, 2.24) is 51.2 Å². The average Bonchev–Trinajstić information content (AvgIpc) is 3.91. The molecule has 1 fully saturated rings. The fourth-order valence-corrected chi connectivity index (χ4v) is 7.06. The molecule has 1 aromatic heterocycles. The Labute approximate surface area is 473 Å². The minimum atomic E-state index is -1.03. The zero-order valence-electron chi connectivity index (χ0n) is 47.7. The Bertz CT molecular complexity index is 2180. The molecule has 1 aromatic carbocycles. The summed E-state index contributed by atoms with van der Waals surface area (Å²) in [6.45, 7) is 9.93. The van der Waals surface area contributed by atoms with Crippen LogP contribution in [-0.2, 0) is 73.4 Å². The Morgan fingerprint density at radius 2 is 0.877 bits per heavy atom. The zero-order chi connectivity index (χ0) is 60.8. The number of benzene rings is 1. The number of para-hydroxylation sites is 1. The summed E-state index contributed by atoms with van der Waals surface area (Å²) < 4.78 is 16.5. The number of amides is 5. The maximum absolute atomic E-state index is 12.7. The Balaban J connectivity index is 0.00000164. The predicted octanol–water partition coefficient (Wildman–Crippen LogP) is -0.951. The maximum Gasteiger partial charge on any atom is 0.317 e. The van der Waals surface area contributed by atoms with Crippen molar-refractivity contribution >= 4 is 75.9 Å². The molecule has 0 unspecified atom stereocenters. The molecular weight excluding hydrogens is 1060 g/mol. The number of aryl methyl sites for hydroxylation is 1. The molecule has 0 radical (unpaired) electrons. The third kappa shape index (κ3) is 44.5. The quantitative estimate of drug-likeness (QED) is 0.0385. The first-order valence-corrected chi connectivity index (χ1v) is 26.8. The van der Waals surface area contributed by atoms with Crippen LogP contribution in [0.4, 0.5) is 0 Å². The lowest BCUT2D eigenvalue weighted by atomic mass is 10.1. The monoisotopic (exact) mass is 1150 g/mol. The van der Waals surface area contributed by atoms with Crippen LogP contribution in [0.5, 0.6) is 0 Å². The standard InChI is InChI=1S/C31H57N7O12.C12H13NO.C7H12N2O4.C3H6O/c1-32-26(39)4-5-27(40)33-6-2-16-48-18-20-50-21-19-49-17-3-7-34-28(41)22-35-8-10-36(23-29(42)43)12-14-38(25-31(46)47)15-13-37(11-9-35)24-30(44)45;1-9(14)6-7-10-8-13-12-5-3-2-4-11(10)12;1-8-6(11)4-9-5(10)2-3-7(12)13;1-3(2)4/h2-25H2,1H3,(H,32,39)(H,33,40)(H,34,41)(H,42,43)(H,44,45)(H,46,47);2-5,8,13H,6-7H2,1H3;2-4H2,1H3,(H,8,11)(H,9,10)(H,12,13);1-2H3. The van der Waals surface area contributed by atoms with Crippen LogP contribution in [0.2, 0.25) is 0 Å². The molecule has 2 heterocycles. The zero-order valence-corrected chi connectivity index (χ0v) is 47.7. The molecule has 0 aliphatic carbocycles. The number of ketones is 2. The van der Waals surface area contributed by atoms with Crippen molar-refractivity contribution in [3.05, 3.63) is 36.0 Å². The van der Waals surface area contributed by atoms with E-state index in [4.69, 9.17) is 19.3 Å². The summed E-state index contributed by atoms with van der Waals surface area (Å²) in [5.41, 5.74) is 2.38. The molecule has 5 amide bonds. The van der Waals surface area contributed by atoms with Gasteiger partial charge in [-0.25, -0.2) is 0 Å². The van der Waals surface area contributed by atoms with E-state index in [0.717, 1.165) is 11.9 Å². The van der Waals surface area contributed by atoms with Gasteiger partial charge in [0.15, 0.2) is 0 Å². The van der Waals surface area contributed by atoms with Gasteiger partial charge in [-0.2, -0.15) is 0 Å². The van der Waals surface area contributed by atoms with Gasteiger partial charge in [-0.1, -0.05) is 18.2 Å². The topological polar surface area (TPSA) is 385 Å². The molecule has 28 heteroatoms. The number of Topliss-reactive ketones (excluding diaryl/α,β-unsaturated/α-hetero) is 2. The number of hydrogen-bond donors (Lipinski definition) is 10. The summed E-state index contributed by atoms with van der Waals surface area (Å²) in [5, 5.41) is 50.1. The number of carbonyl (C=O) groups excluding carboxylic acids is 7. The van der Waals surface area contributed by atoms with Crippen LogP contribution in [0.25, 0.3) is 10.9 Å². The summed E-state index contributed by atoms with van der Waals surface area (Å²) in [4.78, 5) is 132. The minimum absolute atomic E-state index is 0.0531. The van der Waals surface area contributed by atoms with Crippen LogP contribution in [0.3, 0.4) is 0 Å². The lowest BCUT2D eigenvalue weighted by Crippen LogP contribution is -2.49. The highest BCUT2D eigenvalue weighted by Gasteiger charge is 2.21. The van der Waals surface area contributed by atoms with Gasteiger partial charge in [0.05, 0.1) is 65.6 Å². The normalized spacial score (nSPS) is 13.3. The number of likely N-dealkylation sites (N-methyl/N-ethyl adjacent to an activating group) is 1. The minimum Gasteiger partial charge on any atom is -0.481 e. The van der Waals surface area contributed by atoms with E-state index in [1.54, 1.807) is 21.6 Å². The van der Waals surface area contributed by atoms with Crippen LogP contribution < -0.4 is 26.6 Å². The van der Waals surface area contributed by atoms with Gasteiger partial charge < -0.3 is 75.8 Å². The van der Waals surface area contributed by atoms with Crippen LogP contribution in [0.1, 0.15) is 71.3 Å². The van der Waals surface area contributed by atoms with Gasteiger partial charge in [-0.05, 0) is 51.7 Å². The van der Waals surface area contributed by atoms with Crippen molar-refractivity contribution in [3.8, 4) is 0 Å². The number of carboxylic acids is 4. The number of aromatic nitrogens is 1. The summed E-state index contributed by atoms with van der Waals surface area (Å²) >= 11 is 0. The fourth-order valence-electron chi connectivity index (χ4n) is 7.06. The van der Waals surface area contributed by atoms with Gasteiger partial charge in [0, 0.05) is 136 Å². The summed E-state index contributed by atoms with van der Waals surface area (Å²) in [6, 6.07) is 8.16. The smallest absolute Gasteiger partial charge is 0.317 e. The Morgan fingerprint density at radius 1 is 0.481 bits per heavy atom. The molecule has 1 aliphatic heterocycles. The average molecular weight is 1150 g/mol. The molecule has 0 atom stereocenters. The number of ether oxygens (including phenoxy) is 3. The van der Waals surface area contributed by atoms with E-state index >= 15 is 0 Å². The van der Waals surface area contributed by atoms with E-state index in [-0.39, 0.29) is 93.6 Å². The van der Waals surface area contributed by atoms with Crippen molar-refractivity contribution in [2.45, 2.75) is 72.1 Å². The number of rotatable bonds is 33. The van der Waals surface area contributed by atoms with Crippen LogP contribution in [0.15, 0.2) is 30.5 Å². The molecule has 3 rings (SSSR count). The number of nitrogens with zero attached hydrogens (tertiary/aromatic N) is 4. The van der Waals surface area contributed by atoms with Gasteiger partial charge in [0.25, 0.3) is 0 Å². The van der Waals surface area contributed by atoms with E-state index in [2.05, 4.69) is 37.6 Å². The molecule has 2 aromatic rings. The van der Waals surface area contributed by atoms with Crippen LogP contribution >= 0.6 is 0 Å². The van der Waals surface area contributed by atoms with Crippen molar-refractivity contribution < 1.29 is 87.4 Å². The molecule has 1 aliphatic rings. The first-order valence-electron chi connectivity index (χ1n) is 26.8. The molecule has 1 saturated heterocycles. The van der Waals surface area contributed by atoms with Gasteiger partial charge in [-0.15, -0.1) is 0 Å². The number of nitrogens with one attached hydrogen (secondary N) is 6. The first-order chi connectivity index (χ1) is 38.5. The number of aromatic amines is 1. The molecule has 0 bridgehead atoms. The van der Waals surface area contributed by atoms with Crippen molar-refractivity contribution in [1.29, 1.82) is 0 Å². The highest BCUT2D eigenvalue weighted by atomic mass is 16.5. The lowest BCUT2D eigenvalue weighted by molar-refractivity contribution is -0.140. The second-order valence-electron chi connectivity index (χ2n) is 18.5.